The molecule has 0 aromatic heterocycles. The summed E-state index contributed by atoms with van der Waals surface area (Å²) < 4.78 is 6.01. The first-order valence-corrected chi connectivity index (χ1v) is 11.6. The topological polar surface area (TPSA) is 49.9 Å². The lowest BCUT2D eigenvalue weighted by atomic mass is 10.1. The zero-order chi connectivity index (χ0) is 20.8. The Balaban J connectivity index is 1.20. The zero-order valence-corrected chi connectivity index (χ0v) is 18.0. The van der Waals surface area contributed by atoms with E-state index in [1.54, 1.807) is 11.8 Å². The van der Waals surface area contributed by atoms with Gasteiger partial charge in [-0.1, -0.05) is 42.5 Å². The van der Waals surface area contributed by atoms with Crippen LogP contribution in [0.15, 0.2) is 59.5 Å². The molecule has 0 aliphatic carbocycles. The van der Waals surface area contributed by atoms with E-state index in [1.807, 2.05) is 46.2 Å². The summed E-state index contributed by atoms with van der Waals surface area (Å²) in [7, 11) is 0. The lowest BCUT2D eigenvalue weighted by Crippen LogP contribution is -2.41. The highest BCUT2D eigenvalue weighted by atomic mass is 32.2. The van der Waals surface area contributed by atoms with Gasteiger partial charge in [0.05, 0.1) is 18.4 Å². The summed E-state index contributed by atoms with van der Waals surface area (Å²) in [4.78, 5) is 30.2. The molecule has 0 N–H and O–H groups in total. The number of hydrogen-bond donors (Lipinski definition) is 0. The molecule has 2 aromatic carbocycles. The Morgan fingerprint density at radius 3 is 2.40 bits per heavy atom. The second-order valence-electron chi connectivity index (χ2n) is 7.74. The number of carbonyl (C=O) groups excluding carboxylic acids is 2. The summed E-state index contributed by atoms with van der Waals surface area (Å²) in [6.45, 7) is 2.73. The van der Waals surface area contributed by atoms with Crippen LogP contribution in [0.4, 0.5) is 5.69 Å². The molecule has 0 radical (unpaired) electrons. The first kappa shape index (κ1) is 20.9. The fourth-order valence-electron chi connectivity index (χ4n) is 4.00. The Bertz CT molecular complexity index is 866. The first-order valence-electron chi connectivity index (χ1n) is 10.7. The fraction of sp³-hybridized carbons (Fsp3) is 0.417. The quantitative estimate of drug-likeness (QED) is 0.700. The predicted octanol–water partition coefficient (Wildman–Crippen LogP) is 4.11. The molecule has 0 atom stereocenters. The number of likely N-dealkylation sites (tertiary alicyclic amines) is 1. The van der Waals surface area contributed by atoms with Gasteiger partial charge in [0.25, 0.3) is 0 Å². The summed E-state index contributed by atoms with van der Waals surface area (Å²) >= 11 is 1.78. The third-order valence-electron chi connectivity index (χ3n) is 5.71. The summed E-state index contributed by atoms with van der Waals surface area (Å²) in [6.07, 6.45) is 2.44. The molecule has 2 aliphatic rings. The molecule has 158 valence electrons. The Morgan fingerprint density at radius 1 is 0.900 bits per heavy atom. The number of para-hydroxylation sites is 1. The number of anilines is 1. The number of thioether (sulfide) groups is 1. The van der Waals surface area contributed by atoms with Gasteiger partial charge in [-0.15, -0.1) is 11.8 Å². The maximum Gasteiger partial charge on any atom is 0.227 e. The van der Waals surface area contributed by atoms with Crippen LogP contribution in [0.25, 0.3) is 0 Å². The third kappa shape index (κ3) is 5.24. The van der Waals surface area contributed by atoms with Crippen LogP contribution >= 0.6 is 11.8 Å². The van der Waals surface area contributed by atoms with E-state index in [0.29, 0.717) is 26.2 Å². The number of piperidine rings is 1. The highest BCUT2D eigenvalue weighted by Crippen LogP contribution is 2.34. The van der Waals surface area contributed by atoms with Crippen molar-refractivity contribution in [3.63, 3.8) is 0 Å². The van der Waals surface area contributed by atoms with Gasteiger partial charge >= 0.3 is 0 Å². The van der Waals surface area contributed by atoms with Crippen LogP contribution < -0.4 is 4.90 Å². The first-order chi connectivity index (χ1) is 14.7. The normalized spacial score (nSPS) is 16.9. The van der Waals surface area contributed by atoms with Gasteiger partial charge in [0.1, 0.15) is 0 Å². The molecular weight excluding hydrogens is 396 g/mol. The molecule has 5 nitrogen and oxygen atoms in total. The molecule has 0 bridgehead atoms. The minimum absolute atomic E-state index is 0.0391. The van der Waals surface area contributed by atoms with Crippen LogP contribution in [-0.4, -0.2) is 48.2 Å². The lowest BCUT2D eigenvalue weighted by molar-refractivity contribution is -0.135. The number of hydrogen-bond acceptors (Lipinski definition) is 4. The average Bonchev–Trinajstić information content (AvgIpc) is 2.81. The number of benzene rings is 2. The number of amides is 2. The van der Waals surface area contributed by atoms with E-state index >= 15 is 0 Å². The lowest BCUT2D eigenvalue weighted by Gasteiger charge is -2.32. The molecule has 30 heavy (non-hydrogen) atoms. The van der Waals surface area contributed by atoms with Gasteiger partial charge in [-0.2, -0.15) is 0 Å². The predicted molar refractivity (Wildman–Crippen MR) is 120 cm³/mol. The van der Waals surface area contributed by atoms with Gasteiger partial charge in [0.2, 0.25) is 11.8 Å². The second kappa shape index (κ2) is 10.1. The molecule has 2 amide bonds. The second-order valence-corrected chi connectivity index (χ2v) is 8.88. The molecule has 0 unspecified atom stereocenters. The molecule has 2 heterocycles. The van der Waals surface area contributed by atoms with Crippen molar-refractivity contribution in [2.75, 3.05) is 30.3 Å². The van der Waals surface area contributed by atoms with E-state index < -0.39 is 0 Å². The van der Waals surface area contributed by atoms with Crippen LogP contribution in [0.3, 0.4) is 0 Å². The van der Waals surface area contributed by atoms with Crippen molar-refractivity contribution in [1.29, 1.82) is 0 Å². The van der Waals surface area contributed by atoms with E-state index in [0.717, 1.165) is 29.2 Å². The van der Waals surface area contributed by atoms with E-state index in [9.17, 15) is 9.59 Å². The third-order valence-corrected chi connectivity index (χ3v) is 6.75. The van der Waals surface area contributed by atoms with Crippen LogP contribution in [0.2, 0.25) is 0 Å². The highest BCUT2D eigenvalue weighted by molar-refractivity contribution is 7.99. The van der Waals surface area contributed by atoms with Crippen molar-refractivity contribution >= 4 is 29.3 Å². The van der Waals surface area contributed by atoms with Gasteiger partial charge in [0.15, 0.2) is 0 Å². The van der Waals surface area contributed by atoms with Crippen LogP contribution in [0, 0.1) is 0 Å². The maximum absolute atomic E-state index is 12.7. The van der Waals surface area contributed by atoms with Crippen molar-refractivity contribution in [3.05, 3.63) is 60.2 Å². The fourth-order valence-corrected chi connectivity index (χ4v) is 4.99. The summed E-state index contributed by atoms with van der Waals surface area (Å²) in [5.41, 5.74) is 2.15. The van der Waals surface area contributed by atoms with Gasteiger partial charge in [-0.25, -0.2) is 0 Å². The Kier molecular flexibility index (Phi) is 7.07. The molecule has 2 aliphatic heterocycles. The number of carbonyl (C=O) groups is 2. The number of nitrogens with zero attached hydrogens (tertiary/aromatic N) is 2. The highest BCUT2D eigenvalue weighted by Gasteiger charge is 2.26. The van der Waals surface area contributed by atoms with Crippen LogP contribution in [0.1, 0.15) is 31.2 Å². The maximum atomic E-state index is 12.7. The molecule has 1 saturated heterocycles. The smallest absolute Gasteiger partial charge is 0.227 e. The van der Waals surface area contributed by atoms with E-state index in [-0.39, 0.29) is 30.8 Å². The van der Waals surface area contributed by atoms with Gasteiger partial charge in [-0.05, 0) is 30.5 Å². The zero-order valence-electron chi connectivity index (χ0n) is 17.2. The van der Waals surface area contributed by atoms with Crippen LogP contribution in [0.5, 0.6) is 0 Å². The van der Waals surface area contributed by atoms with Crippen molar-refractivity contribution in [2.45, 2.75) is 43.3 Å². The monoisotopic (exact) mass is 424 g/mol. The molecule has 6 heteroatoms. The van der Waals surface area contributed by atoms with Crippen LogP contribution in [-0.2, 0) is 20.9 Å². The van der Waals surface area contributed by atoms with Gasteiger partial charge in [-0.3, -0.25) is 9.59 Å². The number of rotatable bonds is 6. The SMILES string of the molecule is O=C(CCC(=O)N1CCSc2ccccc21)N1CCC(OCc2ccccc2)CC1. The van der Waals surface area contributed by atoms with Crippen molar-refractivity contribution in [2.24, 2.45) is 0 Å². The largest absolute Gasteiger partial charge is 0.373 e. The summed E-state index contributed by atoms with van der Waals surface area (Å²) in [5.74, 6) is 1.01. The molecular formula is C24H28N2O3S. The molecule has 0 saturated carbocycles. The number of ether oxygens (including phenoxy) is 1. The van der Waals surface area contributed by atoms with Crippen molar-refractivity contribution in [3.8, 4) is 0 Å². The molecule has 4 rings (SSSR count). The van der Waals surface area contributed by atoms with E-state index in [4.69, 9.17) is 4.74 Å². The van der Waals surface area contributed by atoms with Crippen molar-refractivity contribution in [1.82, 2.24) is 4.90 Å². The van der Waals surface area contributed by atoms with E-state index in [2.05, 4.69) is 18.2 Å². The Morgan fingerprint density at radius 2 is 1.60 bits per heavy atom. The summed E-state index contributed by atoms with van der Waals surface area (Å²) in [6, 6.07) is 18.2. The van der Waals surface area contributed by atoms with Gasteiger partial charge in [0, 0.05) is 43.1 Å². The minimum Gasteiger partial charge on any atom is -0.373 e. The molecule has 0 spiro atoms. The summed E-state index contributed by atoms with van der Waals surface area (Å²) in [5, 5.41) is 0. The average molecular weight is 425 g/mol. The Hall–Kier alpha value is -2.31. The van der Waals surface area contributed by atoms with Crippen molar-refractivity contribution < 1.29 is 14.3 Å². The van der Waals surface area contributed by atoms with Gasteiger partial charge < -0.3 is 14.5 Å². The molecule has 2 aromatic rings. The standard InChI is InChI=1S/C24H28N2O3S/c27-23(10-11-24(28)26-16-17-30-22-9-5-4-8-21(22)26)25-14-12-20(13-15-25)29-18-19-6-2-1-3-7-19/h1-9,20H,10-18H2. The number of fused-ring (bicyclic) bond motifs is 1. The minimum atomic E-state index is 0.0391. The Labute approximate surface area is 182 Å². The molecule has 1 fully saturated rings. The van der Waals surface area contributed by atoms with E-state index in [1.165, 1.54) is 5.56 Å².